The van der Waals surface area contributed by atoms with E-state index in [2.05, 4.69) is 5.32 Å². The average Bonchev–Trinajstić information content (AvgIpc) is 2.28. The summed E-state index contributed by atoms with van der Waals surface area (Å²) in [6.07, 6.45) is 1.19. The number of anilines is 1. The molecule has 6 heteroatoms. The minimum atomic E-state index is -3.20. The molecule has 0 fully saturated rings. The van der Waals surface area contributed by atoms with Gasteiger partial charge in [-0.15, -0.1) is 0 Å². The Labute approximate surface area is 102 Å². The van der Waals surface area contributed by atoms with Crippen molar-refractivity contribution in [1.29, 1.82) is 0 Å². The zero-order valence-electron chi connectivity index (χ0n) is 9.85. The first-order valence-corrected chi connectivity index (χ1v) is 7.25. The average molecular weight is 258 g/mol. The lowest BCUT2D eigenvalue weighted by Crippen LogP contribution is -2.15. The molecule has 0 heterocycles. The predicted octanol–water partition coefficient (Wildman–Crippen LogP) is 0.477. The molecule has 0 saturated heterocycles. The number of nitrogens with two attached hydrogens (primary N) is 1. The summed E-state index contributed by atoms with van der Waals surface area (Å²) in [5.41, 5.74) is 5.88. The van der Waals surface area contributed by atoms with Gasteiger partial charge in [0.15, 0.2) is 9.84 Å². The first-order chi connectivity index (χ1) is 8.05. The van der Waals surface area contributed by atoms with Gasteiger partial charge in [-0.2, -0.15) is 0 Å². The van der Waals surface area contributed by atoms with Gasteiger partial charge < -0.3 is 15.8 Å². The maximum atomic E-state index is 11.5. The third-order valence-electron chi connectivity index (χ3n) is 2.11. The van der Waals surface area contributed by atoms with Gasteiger partial charge in [-0.25, -0.2) is 8.42 Å². The van der Waals surface area contributed by atoms with Crippen molar-refractivity contribution in [1.82, 2.24) is 0 Å². The molecule has 0 bridgehead atoms. The van der Waals surface area contributed by atoms with Gasteiger partial charge in [0, 0.05) is 19.3 Å². The molecular weight excluding hydrogens is 240 g/mol. The molecule has 17 heavy (non-hydrogen) atoms. The highest BCUT2D eigenvalue weighted by Gasteiger charge is 2.11. The fourth-order valence-electron chi connectivity index (χ4n) is 1.38. The summed E-state index contributed by atoms with van der Waals surface area (Å²) in [6.45, 7) is 2.04. The summed E-state index contributed by atoms with van der Waals surface area (Å²) in [4.78, 5) is 0.304. The Morgan fingerprint density at radius 3 is 2.65 bits per heavy atom. The highest BCUT2D eigenvalue weighted by Crippen LogP contribution is 2.19. The molecule has 0 atom stereocenters. The molecular formula is C11H18N2O3S. The van der Waals surface area contributed by atoms with Crippen LogP contribution in [-0.4, -0.2) is 41.0 Å². The minimum absolute atomic E-state index is 0.304. The first-order valence-electron chi connectivity index (χ1n) is 5.36. The van der Waals surface area contributed by atoms with Crippen molar-refractivity contribution in [2.45, 2.75) is 4.90 Å². The van der Waals surface area contributed by atoms with Gasteiger partial charge in [0.05, 0.1) is 23.8 Å². The fraction of sp³-hybridized carbons (Fsp3) is 0.455. The first kappa shape index (κ1) is 14.0. The Morgan fingerprint density at radius 1 is 1.29 bits per heavy atom. The molecule has 0 radical (unpaired) electrons. The molecule has 3 N–H and O–H groups in total. The lowest BCUT2D eigenvalue weighted by atomic mass is 10.3. The van der Waals surface area contributed by atoms with Gasteiger partial charge in [0.2, 0.25) is 0 Å². The van der Waals surface area contributed by atoms with Gasteiger partial charge in [-0.3, -0.25) is 0 Å². The second kappa shape index (κ2) is 6.58. The number of sulfone groups is 1. The van der Waals surface area contributed by atoms with Crippen molar-refractivity contribution in [2.75, 3.05) is 37.9 Å². The lowest BCUT2D eigenvalue weighted by Gasteiger charge is -2.10. The van der Waals surface area contributed by atoms with Crippen molar-refractivity contribution in [2.24, 2.45) is 5.73 Å². The van der Waals surface area contributed by atoms with Gasteiger partial charge >= 0.3 is 0 Å². The highest BCUT2D eigenvalue weighted by molar-refractivity contribution is 7.90. The monoisotopic (exact) mass is 258 g/mol. The molecule has 0 amide bonds. The number of nitrogens with one attached hydrogen (secondary N) is 1. The maximum absolute atomic E-state index is 11.5. The summed E-state index contributed by atoms with van der Waals surface area (Å²) in [7, 11) is -3.20. The standard InChI is InChI=1S/C11H18N2O3S/c1-17(14,15)11-5-3-2-4-10(11)13-7-9-16-8-6-12/h2-5,13H,6-9,12H2,1H3. The van der Waals surface area contributed by atoms with E-state index in [0.29, 0.717) is 36.9 Å². The van der Waals surface area contributed by atoms with Gasteiger partial charge in [0.1, 0.15) is 0 Å². The molecule has 0 aliphatic rings. The van der Waals surface area contributed by atoms with E-state index in [9.17, 15) is 8.42 Å². The summed E-state index contributed by atoms with van der Waals surface area (Å²) in [6, 6.07) is 6.81. The number of hydrogen-bond acceptors (Lipinski definition) is 5. The number of hydrogen-bond donors (Lipinski definition) is 2. The summed E-state index contributed by atoms with van der Waals surface area (Å²) < 4.78 is 28.2. The van der Waals surface area contributed by atoms with Crippen molar-refractivity contribution < 1.29 is 13.2 Å². The topological polar surface area (TPSA) is 81.4 Å². The Hall–Kier alpha value is -1.11. The third kappa shape index (κ3) is 4.72. The smallest absolute Gasteiger partial charge is 0.177 e. The zero-order chi connectivity index (χ0) is 12.7. The molecule has 96 valence electrons. The maximum Gasteiger partial charge on any atom is 0.177 e. The summed E-state index contributed by atoms with van der Waals surface area (Å²) in [5, 5.41) is 3.03. The van der Waals surface area contributed by atoms with E-state index in [1.165, 1.54) is 6.26 Å². The van der Waals surface area contributed by atoms with Crippen LogP contribution in [0.1, 0.15) is 0 Å². The van der Waals surface area contributed by atoms with Crippen LogP contribution in [-0.2, 0) is 14.6 Å². The Morgan fingerprint density at radius 2 is 2.00 bits per heavy atom. The highest BCUT2D eigenvalue weighted by atomic mass is 32.2. The second-order valence-electron chi connectivity index (χ2n) is 3.60. The van der Waals surface area contributed by atoms with Crippen LogP contribution in [0, 0.1) is 0 Å². The third-order valence-corrected chi connectivity index (χ3v) is 3.27. The molecule has 0 aromatic heterocycles. The van der Waals surface area contributed by atoms with Crippen molar-refractivity contribution in [3.8, 4) is 0 Å². The molecule has 0 spiro atoms. The molecule has 5 nitrogen and oxygen atoms in total. The normalized spacial score (nSPS) is 11.4. The predicted molar refractivity (Wildman–Crippen MR) is 67.9 cm³/mol. The molecule has 0 aliphatic heterocycles. The molecule has 0 aliphatic carbocycles. The van der Waals surface area contributed by atoms with E-state index in [4.69, 9.17) is 10.5 Å². The van der Waals surface area contributed by atoms with Gasteiger partial charge in [-0.1, -0.05) is 12.1 Å². The molecule has 1 aromatic rings. The SMILES string of the molecule is CS(=O)(=O)c1ccccc1NCCOCCN. The summed E-state index contributed by atoms with van der Waals surface area (Å²) in [5.74, 6) is 0. The minimum Gasteiger partial charge on any atom is -0.382 e. The van der Waals surface area contributed by atoms with E-state index in [1.54, 1.807) is 24.3 Å². The number of para-hydroxylation sites is 1. The zero-order valence-corrected chi connectivity index (χ0v) is 10.7. The summed E-state index contributed by atoms with van der Waals surface area (Å²) >= 11 is 0. The van der Waals surface area contributed by atoms with E-state index in [1.807, 2.05) is 0 Å². The molecule has 0 unspecified atom stereocenters. The Balaban J connectivity index is 2.59. The number of rotatable bonds is 7. The molecule has 1 aromatic carbocycles. The lowest BCUT2D eigenvalue weighted by molar-refractivity contribution is 0.151. The van der Waals surface area contributed by atoms with Crippen LogP contribution in [0.2, 0.25) is 0 Å². The van der Waals surface area contributed by atoms with E-state index < -0.39 is 9.84 Å². The fourth-order valence-corrected chi connectivity index (χ4v) is 2.24. The van der Waals surface area contributed by atoms with Crippen LogP contribution in [0.15, 0.2) is 29.2 Å². The van der Waals surface area contributed by atoms with E-state index in [-0.39, 0.29) is 0 Å². The van der Waals surface area contributed by atoms with Crippen LogP contribution < -0.4 is 11.1 Å². The van der Waals surface area contributed by atoms with Crippen LogP contribution in [0.4, 0.5) is 5.69 Å². The van der Waals surface area contributed by atoms with E-state index in [0.717, 1.165) is 0 Å². The van der Waals surface area contributed by atoms with Crippen molar-refractivity contribution in [3.05, 3.63) is 24.3 Å². The second-order valence-corrected chi connectivity index (χ2v) is 5.58. The largest absolute Gasteiger partial charge is 0.382 e. The number of benzene rings is 1. The van der Waals surface area contributed by atoms with Gasteiger partial charge in [-0.05, 0) is 12.1 Å². The van der Waals surface area contributed by atoms with Crippen molar-refractivity contribution in [3.63, 3.8) is 0 Å². The van der Waals surface area contributed by atoms with Crippen LogP contribution in [0.3, 0.4) is 0 Å². The van der Waals surface area contributed by atoms with E-state index >= 15 is 0 Å². The Kier molecular flexibility index (Phi) is 5.40. The molecule has 0 saturated carbocycles. The van der Waals surface area contributed by atoms with Crippen molar-refractivity contribution >= 4 is 15.5 Å². The number of ether oxygens (including phenoxy) is 1. The van der Waals surface area contributed by atoms with Crippen LogP contribution >= 0.6 is 0 Å². The quantitative estimate of drug-likeness (QED) is 0.695. The molecule has 1 rings (SSSR count). The Bertz CT molecular complexity index is 446. The van der Waals surface area contributed by atoms with Crippen LogP contribution in [0.25, 0.3) is 0 Å². The van der Waals surface area contributed by atoms with Crippen LogP contribution in [0.5, 0.6) is 0 Å². The van der Waals surface area contributed by atoms with Gasteiger partial charge in [0.25, 0.3) is 0 Å².